The molecule has 1 heterocycles. The highest BCUT2D eigenvalue weighted by Crippen LogP contribution is 2.30. The molecule has 20 heavy (non-hydrogen) atoms. The van der Waals surface area contributed by atoms with E-state index in [9.17, 15) is 4.79 Å². The zero-order valence-corrected chi connectivity index (χ0v) is 11.4. The Balaban J connectivity index is 2.15. The van der Waals surface area contributed by atoms with E-state index in [0.29, 0.717) is 24.7 Å². The molecule has 1 aromatic carbocycles. The van der Waals surface area contributed by atoms with E-state index in [1.807, 2.05) is 0 Å². The summed E-state index contributed by atoms with van der Waals surface area (Å²) in [5.74, 6) is 0.295. The monoisotopic (exact) mass is 278 g/mol. The number of hydrogen-bond acceptors (Lipinski definition) is 4. The first-order valence-corrected chi connectivity index (χ1v) is 6.52. The maximum absolute atomic E-state index is 10.5. The third-order valence-electron chi connectivity index (χ3n) is 3.07. The highest BCUT2D eigenvalue weighted by molar-refractivity contribution is 5.85. The SMILES string of the molecule is COc1ccc(C=CC(=O)O)cc1OC1CCOCC1. The van der Waals surface area contributed by atoms with Crippen LogP contribution in [0.4, 0.5) is 0 Å². The number of benzene rings is 1. The Bertz CT molecular complexity index is 489. The van der Waals surface area contributed by atoms with Crippen LogP contribution in [-0.2, 0) is 9.53 Å². The lowest BCUT2D eigenvalue weighted by Crippen LogP contribution is -2.26. The average Bonchev–Trinajstić information content (AvgIpc) is 2.46. The third kappa shape index (κ3) is 3.99. The van der Waals surface area contributed by atoms with E-state index in [-0.39, 0.29) is 6.10 Å². The van der Waals surface area contributed by atoms with Crippen molar-refractivity contribution in [2.24, 2.45) is 0 Å². The first kappa shape index (κ1) is 14.4. The van der Waals surface area contributed by atoms with E-state index in [4.69, 9.17) is 19.3 Å². The van der Waals surface area contributed by atoms with E-state index >= 15 is 0 Å². The summed E-state index contributed by atoms with van der Waals surface area (Å²) < 4.78 is 16.5. The highest BCUT2D eigenvalue weighted by atomic mass is 16.5. The van der Waals surface area contributed by atoms with E-state index in [2.05, 4.69) is 0 Å². The molecule has 1 N–H and O–H groups in total. The van der Waals surface area contributed by atoms with Gasteiger partial charge in [0.05, 0.1) is 20.3 Å². The first-order chi connectivity index (χ1) is 9.69. The molecule has 0 saturated carbocycles. The van der Waals surface area contributed by atoms with Crippen molar-refractivity contribution in [2.75, 3.05) is 20.3 Å². The largest absolute Gasteiger partial charge is 0.493 e. The number of rotatable bonds is 5. The van der Waals surface area contributed by atoms with Gasteiger partial charge in [0.2, 0.25) is 0 Å². The van der Waals surface area contributed by atoms with Crippen LogP contribution < -0.4 is 9.47 Å². The van der Waals surface area contributed by atoms with Crippen molar-refractivity contribution in [3.05, 3.63) is 29.8 Å². The predicted molar refractivity (Wildman–Crippen MR) is 74.1 cm³/mol. The van der Waals surface area contributed by atoms with Gasteiger partial charge in [-0.05, 0) is 23.8 Å². The fraction of sp³-hybridized carbons (Fsp3) is 0.400. The summed E-state index contributed by atoms with van der Waals surface area (Å²) in [6.45, 7) is 1.40. The number of carbonyl (C=O) groups is 1. The number of ether oxygens (including phenoxy) is 3. The van der Waals surface area contributed by atoms with Crippen LogP contribution in [0.15, 0.2) is 24.3 Å². The fourth-order valence-corrected chi connectivity index (χ4v) is 2.03. The molecule has 1 fully saturated rings. The summed E-state index contributed by atoms with van der Waals surface area (Å²) >= 11 is 0. The Morgan fingerprint density at radius 2 is 2.10 bits per heavy atom. The second kappa shape index (κ2) is 6.96. The van der Waals surface area contributed by atoms with Crippen molar-refractivity contribution < 1.29 is 24.1 Å². The van der Waals surface area contributed by atoms with Crippen molar-refractivity contribution >= 4 is 12.0 Å². The second-order valence-electron chi connectivity index (χ2n) is 4.51. The fourth-order valence-electron chi connectivity index (χ4n) is 2.03. The van der Waals surface area contributed by atoms with Gasteiger partial charge in [-0.2, -0.15) is 0 Å². The summed E-state index contributed by atoms with van der Waals surface area (Å²) in [6, 6.07) is 5.35. The van der Waals surface area contributed by atoms with Crippen LogP contribution >= 0.6 is 0 Å². The molecule has 0 unspecified atom stereocenters. The molecule has 5 nitrogen and oxygen atoms in total. The smallest absolute Gasteiger partial charge is 0.328 e. The maximum atomic E-state index is 10.5. The van der Waals surface area contributed by atoms with Gasteiger partial charge in [-0.15, -0.1) is 0 Å². The van der Waals surface area contributed by atoms with Crippen LogP contribution in [0, 0.1) is 0 Å². The summed E-state index contributed by atoms with van der Waals surface area (Å²) in [4.78, 5) is 10.5. The van der Waals surface area contributed by atoms with Gasteiger partial charge in [0.25, 0.3) is 0 Å². The van der Waals surface area contributed by atoms with Gasteiger partial charge < -0.3 is 19.3 Å². The lowest BCUT2D eigenvalue weighted by Gasteiger charge is -2.24. The molecule has 5 heteroatoms. The second-order valence-corrected chi connectivity index (χ2v) is 4.51. The van der Waals surface area contributed by atoms with Gasteiger partial charge in [-0.25, -0.2) is 4.79 Å². The molecule has 0 spiro atoms. The van der Waals surface area contributed by atoms with Crippen LogP contribution in [0.25, 0.3) is 6.08 Å². The lowest BCUT2D eigenvalue weighted by atomic mass is 10.1. The molecule has 1 aromatic rings. The number of carboxylic acid groups (broad SMARTS) is 1. The van der Waals surface area contributed by atoms with E-state index in [1.165, 1.54) is 6.08 Å². The molecular formula is C15H18O5. The first-order valence-electron chi connectivity index (χ1n) is 6.52. The summed E-state index contributed by atoms with van der Waals surface area (Å²) in [6.07, 6.45) is 4.42. The molecule has 0 atom stereocenters. The Kier molecular flexibility index (Phi) is 5.01. The molecule has 0 aromatic heterocycles. The van der Waals surface area contributed by atoms with E-state index in [0.717, 1.165) is 24.5 Å². The minimum absolute atomic E-state index is 0.108. The van der Waals surface area contributed by atoms with Crippen molar-refractivity contribution in [3.8, 4) is 11.5 Å². The van der Waals surface area contributed by atoms with Crippen LogP contribution in [0.5, 0.6) is 11.5 Å². The number of methoxy groups -OCH3 is 1. The highest BCUT2D eigenvalue weighted by Gasteiger charge is 2.17. The lowest BCUT2D eigenvalue weighted by molar-refractivity contribution is -0.131. The maximum Gasteiger partial charge on any atom is 0.328 e. The van der Waals surface area contributed by atoms with Crippen LogP contribution in [-0.4, -0.2) is 37.5 Å². The molecule has 1 aliphatic heterocycles. The van der Waals surface area contributed by atoms with Gasteiger partial charge in [-0.3, -0.25) is 0 Å². The van der Waals surface area contributed by atoms with Gasteiger partial charge >= 0.3 is 5.97 Å². The minimum Gasteiger partial charge on any atom is -0.493 e. The number of carboxylic acids is 1. The van der Waals surface area contributed by atoms with E-state index < -0.39 is 5.97 Å². The third-order valence-corrected chi connectivity index (χ3v) is 3.07. The van der Waals surface area contributed by atoms with Crippen LogP contribution in [0.2, 0.25) is 0 Å². The normalized spacial score (nSPS) is 16.2. The molecule has 1 aliphatic rings. The number of aliphatic carboxylic acids is 1. The molecule has 0 radical (unpaired) electrons. The van der Waals surface area contributed by atoms with Gasteiger partial charge in [0.15, 0.2) is 11.5 Å². The Labute approximate surface area is 117 Å². The molecule has 1 saturated heterocycles. The van der Waals surface area contributed by atoms with Crippen molar-refractivity contribution in [1.29, 1.82) is 0 Å². The van der Waals surface area contributed by atoms with Crippen molar-refractivity contribution in [1.82, 2.24) is 0 Å². The van der Waals surface area contributed by atoms with E-state index in [1.54, 1.807) is 25.3 Å². The molecule has 0 amide bonds. The Hall–Kier alpha value is -2.01. The van der Waals surface area contributed by atoms with Gasteiger partial charge in [-0.1, -0.05) is 6.07 Å². The Morgan fingerprint density at radius 1 is 1.35 bits per heavy atom. The zero-order chi connectivity index (χ0) is 14.4. The van der Waals surface area contributed by atoms with Crippen molar-refractivity contribution in [2.45, 2.75) is 18.9 Å². The minimum atomic E-state index is -0.979. The quantitative estimate of drug-likeness (QED) is 0.837. The number of hydrogen-bond donors (Lipinski definition) is 1. The van der Waals surface area contributed by atoms with Gasteiger partial charge in [0, 0.05) is 18.9 Å². The summed E-state index contributed by atoms with van der Waals surface area (Å²) in [7, 11) is 1.58. The molecular weight excluding hydrogens is 260 g/mol. The topological polar surface area (TPSA) is 65.0 Å². The van der Waals surface area contributed by atoms with Crippen molar-refractivity contribution in [3.63, 3.8) is 0 Å². The molecule has 0 aliphatic carbocycles. The summed E-state index contributed by atoms with van der Waals surface area (Å²) in [5, 5.41) is 8.65. The molecule has 2 rings (SSSR count). The predicted octanol–water partition coefficient (Wildman–Crippen LogP) is 2.35. The summed E-state index contributed by atoms with van der Waals surface area (Å²) in [5.41, 5.74) is 0.759. The zero-order valence-electron chi connectivity index (χ0n) is 11.4. The van der Waals surface area contributed by atoms with Crippen LogP contribution in [0.1, 0.15) is 18.4 Å². The molecule has 108 valence electrons. The van der Waals surface area contributed by atoms with Gasteiger partial charge in [0.1, 0.15) is 6.10 Å². The molecule has 0 bridgehead atoms. The van der Waals surface area contributed by atoms with Crippen LogP contribution in [0.3, 0.4) is 0 Å². The standard InChI is InChI=1S/C15H18O5/c1-18-13-4-2-11(3-5-15(16)17)10-14(13)20-12-6-8-19-9-7-12/h2-5,10,12H,6-9H2,1H3,(H,16,17). The Morgan fingerprint density at radius 3 is 2.75 bits per heavy atom. The average molecular weight is 278 g/mol.